The van der Waals surface area contributed by atoms with Gasteiger partial charge in [-0.3, -0.25) is 9.59 Å². The molecule has 0 heterocycles. The number of nitrogens with one attached hydrogen (secondary N) is 3. The fourth-order valence-corrected chi connectivity index (χ4v) is 2.76. The molecule has 0 bridgehead atoms. The molecule has 0 saturated heterocycles. The number of anilines is 2. The van der Waals surface area contributed by atoms with Crippen LogP contribution in [0.4, 0.5) is 24.5 Å². The predicted molar refractivity (Wildman–Crippen MR) is 105 cm³/mol. The van der Waals surface area contributed by atoms with E-state index in [9.17, 15) is 22.8 Å². The van der Waals surface area contributed by atoms with Crippen molar-refractivity contribution in [3.05, 3.63) is 59.4 Å². The number of hydrogen-bond donors (Lipinski definition) is 3. The van der Waals surface area contributed by atoms with Gasteiger partial charge in [-0.25, -0.2) is 13.2 Å². The van der Waals surface area contributed by atoms with Crippen molar-refractivity contribution in [3.8, 4) is 0 Å². The fraction of sp³-hybridized carbons (Fsp3) is 0.333. The number of hydrogen-bond acceptors (Lipinski definition) is 2. The van der Waals surface area contributed by atoms with E-state index in [-0.39, 0.29) is 19.0 Å². The van der Waals surface area contributed by atoms with Gasteiger partial charge in [-0.05, 0) is 42.2 Å². The van der Waals surface area contributed by atoms with Crippen molar-refractivity contribution >= 4 is 23.2 Å². The van der Waals surface area contributed by atoms with Gasteiger partial charge in [0.05, 0.1) is 12.7 Å². The first-order chi connectivity index (χ1) is 13.7. The van der Waals surface area contributed by atoms with Gasteiger partial charge in [0.25, 0.3) is 11.8 Å². The SMILES string of the molecule is CC[C@@H](C)c1ccc(NC(=O)C[NH+](C)CC(=O)Nc2ccc(F)c(F)c2F)cc1. The minimum Gasteiger partial charge on any atom is -0.322 e. The molecule has 0 saturated carbocycles. The van der Waals surface area contributed by atoms with Crippen LogP contribution in [0.25, 0.3) is 0 Å². The smallest absolute Gasteiger partial charge is 0.279 e. The minimum absolute atomic E-state index is 0.000789. The van der Waals surface area contributed by atoms with Crippen LogP contribution in [-0.4, -0.2) is 32.0 Å². The maximum Gasteiger partial charge on any atom is 0.279 e. The van der Waals surface area contributed by atoms with Gasteiger partial charge in [0.15, 0.2) is 30.5 Å². The first-order valence-electron chi connectivity index (χ1n) is 9.35. The summed E-state index contributed by atoms with van der Waals surface area (Å²) in [5, 5.41) is 4.94. The largest absolute Gasteiger partial charge is 0.322 e. The predicted octanol–water partition coefficient (Wildman–Crippen LogP) is 2.71. The van der Waals surface area contributed by atoms with Crippen molar-refractivity contribution in [2.24, 2.45) is 0 Å². The maximum absolute atomic E-state index is 13.6. The van der Waals surface area contributed by atoms with E-state index in [0.29, 0.717) is 16.5 Å². The number of likely N-dealkylation sites (N-methyl/N-ethyl adjacent to an activating group) is 1. The number of carbonyl (C=O) groups is 2. The molecule has 0 spiro atoms. The Labute approximate surface area is 167 Å². The summed E-state index contributed by atoms with van der Waals surface area (Å²) in [7, 11) is 1.62. The van der Waals surface area contributed by atoms with Gasteiger partial charge in [-0.15, -0.1) is 0 Å². The number of halogens is 3. The molecule has 0 aliphatic heterocycles. The third kappa shape index (κ3) is 6.32. The van der Waals surface area contributed by atoms with Crippen LogP contribution in [0.15, 0.2) is 36.4 Å². The van der Waals surface area contributed by atoms with Gasteiger partial charge in [-0.2, -0.15) is 0 Å². The molecule has 0 fully saturated rings. The second-order valence-electron chi connectivity index (χ2n) is 7.06. The first kappa shape index (κ1) is 22.4. The minimum atomic E-state index is -1.65. The molecular weight excluding hydrogens is 383 g/mol. The quantitative estimate of drug-likeness (QED) is 0.588. The third-order valence-electron chi connectivity index (χ3n) is 4.61. The molecule has 1 unspecified atom stereocenters. The van der Waals surface area contributed by atoms with Crippen LogP contribution in [0.1, 0.15) is 31.7 Å². The normalized spacial score (nSPS) is 12.9. The molecule has 3 N–H and O–H groups in total. The fourth-order valence-electron chi connectivity index (χ4n) is 2.76. The van der Waals surface area contributed by atoms with E-state index in [1.54, 1.807) is 7.05 Å². The average molecular weight is 408 g/mol. The third-order valence-corrected chi connectivity index (χ3v) is 4.61. The highest BCUT2D eigenvalue weighted by Gasteiger charge is 2.18. The van der Waals surface area contributed by atoms with Crippen molar-refractivity contribution < 1.29 is 27.7 Å². The number of amides is 2. The van der Waals surface area contributed by atoms with Crippen LogP contribution in [0.2, 0.25) is 0 Å². The molecule has 2 aromatic carbocycles. The summed E-state index contributed by atoms with van der Waals surface area (Å²) in [5.74, 6) is -4.93. The zero-order chi connectivity index (χ0) is 21.6. The van der Waals surface area contributed by atoms with Gasteiger partial charge in [-0.1, -0.05) is 26.0 Å². The molecular formula is C21H25F3N3O2+. The summed E-state index contributed by atoms with van der Waals surface area (Å²) in [6.07, 6.45) is 1.02. The molecule has 156 valence electrons. The number of rotatable bonds is 8. The molecule has 0 aromatic heterocycles. The number of benzene rings is 2. The van der Waals surface area contributed by atoms with E-state index in [1.807, 2.05) is 24.3 Å². The second-order valence-corrected chi connectivity index (χ2v) is 7.06. The zero-order valence-corrected chi connectivity index (χ0v) is 16.6. The zero-order valence-electron chi connectivity index (χ0n) is 16.6. The molecule has 2 aromatic rings. The standard InChI is InChI=1S/C21H24F3N3O2/c1-4-13(2)14-5-7-15(8-6-14)25-18(28)11-27(3)12-19(29)26-17-10-9-16(22)20(23)21(17)24/h5-10,13H,4,11-12H2,1-3H3,(H,25,28)(H,26,29)/p+1/t13-/m1/s1. The van der Waals surface area contributed by atoms with Crippen LogP contribution >= 0.6 is 0 Å². The summed E-state index contributed by atoms with van der Waals surface area (Å²) >= 11 is 0. The summed E-state index contributed by atoms with van der Waals surface area (Å²) in [4.78, 5) is 24.7. The summed E-state index contributed by atoms with van der Waals surface area (Å²) < 4.78 is 39.8. The lowest BCUT2D eigenvalue weighted by Crippen LogP contribution is -3.11. The average Bonchev–Trinajstić information content (AvgIpc) is 2.68. The van der Waals surface area contributed by atoms with E-state index in [1.165, 1.54) is 5.56 Å². The van der Waals surface area contributed by atoms with Gasteiger partial charge in [0.1, 0.15) is 0 Å². The van der Waals surface area contributed by atoms with Crippen LogP contribution in [-0.2, 0) is 9.59 Å². The molecule has 29 heavy (non-hydrogen) atoms. The molecule has 2 atom stereocenters. The van der Waals surface area contributed by atoms with Crippen LogP contribution in [0.3, 0.4) is 0 Å². The summed E-state index contributed by atoms with van der Waals surface area (Å²) in [5.41, 5.74) is 1.39. The Hall–Kier alpha value is -2.87. The lowest BCUT2D eigenvalue weighted by atomic mass is 9.99. The lowest BCUT2D eigenvalue weighted by Gasteiger charge is -2.14. The van der Waals surface area contributed by atoms with E-state index in [2.05, 4.69) is 24.5 Å². The van der Waals surface area contributed by atoms with Crippen molar-refractivity contribution in [1.29, 1.82) is 0 Å². The van der Waals surface area contributed by atoms with Crippen LogP contribution in [0.5, 0.6) is 0 Å². The Morgan fingerprint density at radius 2 is 1.52 bits per heavy atom. The van der Waals surface area contributed by atoms with Gasteiger partial charge in [0, 0.05) is 5.69 Å². The van der Waals surface area contributed by atoms with Crippen LogP contribution < -0.4 is 15.5 Å². The summed E-state index contributed by atoms with van der Waals surface area (Å²) in [6.45, 7) is 4.08. The Bertz CT molecular complexity index is 872. The summed E-state index contributed by atoms with van der Waals surface area (Å²) in [6, 6.07) is 9.25. The molecule has 2 rings (SSSR count). The van der Waals surface area contributed by atoms with E-state index >= 15 is 0 Å². The Balaban J connectivity index is 1.85. The van der Waals surface area contributed by atoms with Crippen molar-refractivity contribution in [2.75, 3.05) is 30.8 Å². The highest BCUT2D eigenvalue weighted by molar-refractivity contribution is 5.93. The van der Waals surface area contributed by atoms with Gasteiger partial charge in [0.2, 0.25) is 0 Å². The Morgan fingerprint density at radius 3 is 2.10 bits per heavy atom. The number of carbonyl (C=O) groups excluding carboxylic acids is 2. The topological polar surface area (TPSA) is 62.6 Å². The molecule has 0 radical (unpaired) electrons. The maximum atomic E-state index is 13.6. The van der Waals surface area contributed by atoms with Crippen LogP contribution in [0, 0.1) is 17.5 Å². The molecule has 2 amide bonds. The highest BCUT2D eigenvalue weighted by atomic mass is 19.2. The van der Waals surface area contributed by atoms with E-state index in [0.717, 1.165) is 18.6 Å². The Kier molecular flexibility index (Phi) is 7.78. The second kappa shape index (κ2) is 10.1. The van der Waals surface area contributed by atoms with Crippen molar-refractivity contribution in [1.82, 2.24) is 0 Å². The molecule has 5 nitrogen and oxygen atoms in total. The first-order valence-corrected chi connectivity index (χ1v) is 9.35. The van der Waals surface area contributed by atoms with E-state index < -0.39 is 29.0 Å². The molecule has 8 heteroatoms. The van der Waals surface area contributed by atoms with Crippen molar-refractivity contribution in [3.63, 3.8) is 0 Å². The molecule has 0 aliphatic carbocycles. The van der Waals surface area contributed by atoms with Gasteiger partial charge < -0.3 is 15.5 Å². The monoisotopic (exact) mass is 408 g/mol. The van der Waals surface area contributed by atoms with Gasteiger partial charge >= 0.3 is 0 Å². The van der Waals surface area contributed by atoms with E-state index in [4.69, 9.17) is 0 Å². The lowest BCUT2D eigenvalue weighted by molar-refractivity contribution is -0.862. The van der Waals surface area contributed by atoms with Crippen molar-refractivity contribution in [2.45, 2.75) is 26.2 Å². The highest BCUT2D eigenvalue weighted by Crippen LogP contribution is 2.20. The molecule has 0 aliphatic rings. The Morgan fingerprint density at radius 1 is 0.931 bits per heavy atom. The number of quaternary nitrogens is 1.